The van der Waals surface area contributed by atoms with Crippen molar-refractivity contribution >= 4 is 16.9 Å². The zero-order chi connectivity index (χ0) is 13.1. The Morgan fingerprint density at radius 1 is 0.789 bits per heavy atom. The Hall–Kier alpha value is -2.42. The second-order valence-corrected chi connectivity index (χ2v) is 4.53. The van der Waals surface area contributed by atoms with Crippen LogP contribution in [0.25, 0.3) is 10.9 Å². The van der Waals surface area contributed by atoms with Crippen LogP contribution in [0.2, 0.25) is 0 Å². The highest BCUT2D eigenvalue weighted by Gasteiger charge is 2.05. The molecular formula is C16H15N3. The van der Waals surface area contributed by atoms with E-state index in [0.717, 1.165) is 29.4 Å². The molecule has 0 fully saturated rings. The van der Waals surface area contributed by atoms with E-state index in [2.05, 4.69) is 40.3 Å². The molecule has 1 aromatic heterocycles. The zero-order valence-corrected chi connectivity index (χ0v) is 10.6. The Morgan fingerprint density at radius 2 is 1.53 bits per heavy atom. The lowest BCUT2D eigenvalue weighted by Gasteiger charge is -2.06. The molecule has 94 valence electrons. The summed E-state index contributed by atoms with van der Waals surface area (Å²) in [5.74, 6) is 0.349. The standard InChI is InChI=1S/C16H15N3/c17-16-18-14-9-5-4-8-13(14)15(19-16)11-10-12-6-2-1-3-7-12/h1-9H,10-11H2,(H2,17,18,19). The molecule has 0 atom stereocenters. The van der Waals surface area contributed by atoms with Gasteiger partial charge in [0.25, 0.3) is 0 Å². The molecule has 0 radical (unpaired) electrons. The Morgan fingerprint density at radius 3 is 2.37 bits per heavy atom. The smallest absolute Gasteiger partial charge is 0.220 e. The molecule has 19 heavy (non-hydrogen) atoms. The third-order valence-electron chi connectivity index (χ3n) is 3.19. The van der Waals surface area contributed by atoms with Crippen molar-refractivity contribution in [3.8, 4) is 0 Å². The van der Waals surface area contributed by atoms with Gasteiger partial charge in [0.1, 0.15) is 0 Å². The Bertz CT molecular complexity index is 693. The number of nitrogen functional groups attached to an aromatic ring is 1. The molecule has 0 unspecified atom stereocenters. The van der Waals surface area contributed by atoms with Crippen molar-refractivity contribution in [1.82, 2.24) is 9.97 Å². The van der Waals surface area contributed by atoms with Gasteiger partial charge in [-0.1, -0.05) is 48.5 Å². The average Bonchev–Trinajstić information content (AvgIpc) is 2.45. The fourth-order valence-corrected chi connectivity index (χ4v) is 2.26. The molecule has 1 heterocycles. The Kier molecular flexibility index (Phi) is 3.11. The van der Waals surface area contributed by atoms with Crippen LogP contribution in [-0.4, -0.2) is 9.97 Å². The van der Waals surface area contributed by atoms with Gasteiger partial charge in [-0.15, -0.1) is 0 Å². The second kappa shape index (κ2) is 5.06. The number of benzene rings is 2. The number of fused-ring (bicyclic) bond motifs is 1. The monoisotopic (exact) mass is 249 g/mol. The van der Waals surface area contributed by atoms with Crippen LogP contribution >= 0.6 is 0 Å². The summed E-state index contributed by atoms with van der Waals surface area (Å²) in [6, 6.07) is 18.4. The number of aromatic nitrogens is 2. The van der Waals surface area contributed by atoms with Gasteiger partial charge < -0.3 is 5.73 Å². The predicted molar refractivity (Wildman–Crippen MR) is 77.8 cm³/mol. The SMILES string of the molecule is Nc1nc(CCc2ccccc2)c2ccccc2n1. The molecule has 0 aliphatic carbocycles. The van der Waals surface area contributed by atoms with E-state index in [1.54, 1.807) is 0 Å². The van der Waals surface area contributed by atoms with Gasteiger partial charge in [0.2, 0.25) is 5.95 Å². The third kappa shape index (κ3) is 2.55. The first kappa shape index (κ1) is 11.7. The minimum Gasteiger partial charge on any atom is -0.368 e. The lowest BCUT2D eigenvalue weighted by Crippen LogP contribution is -2.02. The van der Waals surface area contributed by atoms with Crippen molar-refractivity contribution in [2.75, 3.05) is 5.73 Å². The normalized spacial score (nSPS) is 10.7. The molecule has 0 saturated carbocycles. The second-order valence-electron chi connectivity index (χ2n) is 4.53. The molecule has 0 saturated heterocycles. The van der Waals surface area contributed by atoms with E-state index >= 15 is 0 Å². The van der Waals surface area contributed by atoms with Gasteiger partial charge in [0.05, 0.1) is 11.2 Å². The minimum absolute atomic E-state index is 0.349. The number of rotatable bonds is 3. The molecule has 0 spiro atoms. The average molecular weight is 249 g/mol. The highest BCUT2D eigenvalue weighted by Crippen LogP contribution is 2.18. The van der Waals surface area contributed by atoms with Crippen LogP contribution in [0.1, 0.15) is 11.3 Å². The maximum atomic E-state index is 5.77. The van der Waals surface area contributed by atoms with E-state index in [1.807, 2.05) is 24.3 Å². The first-order valence-electron chi connectivity index (χ1n) is 6.38. The summed E-state index contributed by atoms with van der Waals surface area (Å²) in [4.78, 5) is 8.64. The molecule has 3 heteroatoms. The maximum absolute atomic E-state index is 5.77. The van der Waals surface area contributed by atoms with Crippen molar-refractivity contribution in [1.29, 1.82) is 0 Å². The number of para-hydroxylation sites is 1. The topological polar surface area (TPSA) is 51.8 Å². The van der Waals surface area contributed by atoms with Crippen LogP contribution in [0.5, 0.6) is 0 Å². The van der Waals surface area contributed by atoms with E-state index in [4.69, 9.17) is 5.73 Å². The molecule has 2 aromatic carbocycles. The Labute approximate surface area is 112 Å². The van der Waals surface area contributed by atoms with E-state index in [0.29, 0.717) is 5.95 Å². The maximum Gasteiger partial charge on any atom is 0.220 e. The first-order valence-corrected chi connectivity index (χ1v) is 6.38. The summed E-state index contributed by atoms with van der Waals surface area (Å²) in [6.45, 7) is 0. The number of anilines is 1. The summed E-state index contributed by atoms with van der Waals surface area (Å²) in [5.41, 5.74) is 9.02. The predicted octanol–water partition coefficient (Wildman–Crippen LogP) is 3.00. The highest BCUT2D eigenvalue weighted by molar-refractivity contribution is 5.81. The highest BCUT2D eigenvalue weighted by atomic mass is 15.0. The summed E-state index contributed by atoms with van der Waals surface area (Å²) >= 11 is 0. The van der Waals surface area contributed by atoms with Crippen LogP contribution in [-0.2, 0) is 12.8 Å². The lowest BCUT2D eigenvalue weighted by atomic mass is 10.1. The molecule has 0 aliphatic heterocycles. The van der Waals surface area contributed by atoms with Gasteiger partial charge in [-0.05, 0) is 24.5 Å². The van der Waals surface area contributed by atoms with E-state index in [-0.39, 0.29) is 0 Å². The van der Waals surface area contributed by atoms with Crippen molar-refractivity contribution < 1.29 is 0 Å². The van der Waals surface area contributed by atoms with Crippen LogP contribution in [0.15, 0.2) is 54.6 Å². The number of nitrogens with two attached hydrogens (primary N) is 1. The first-order chi connectivity index (χ1) is 9.33. The summed E-state index contributed by atoms with van der Waals surface area (Å²) in [7, 11) is 0. The zero-order valence-electron chi connectivity index (χ0n) is 10.6. The van der Waals surface area contributed by atoms with Crippen LogP contribution < -0.4 is 5.73 Å². The molecule has 0 bridgehead atoms. The summed E-state index contributed by atoms with van der Waals surface area (Å²) in [5, 5.41) is 1.09. The number of hydrogen-bond acceptors (Lipinski definition) is 3. The van der Waals surface area contributed by atoms with E-state index < -0.39 is 0 Å². The number of nitrogens with zero attached hydrogens (tertiary/aromatic N) is 2. The third-order valence-corrected chi connectivity index (χ3v) is 3.19. The minimum atomic E-state index is 0.349. The van der Waals surface area contributed by atoms with E-state index in [9.17, 15) is 0 Å². The molecule has 2 N–H and O–H groups in total. The van der Waals surface area contributed by atoms with Gasteiger partial charge in [-0.25, -0.2) is 9.97 Å². The van der Waals surface area contributed by atoms with Gasteiger partial charge in [0, 0.05) is 5.39 Å². The number of aryl methyl sites for hydroxylation is 2. The van der Waals surface area contributed by atoms with Crippen LogP contribution in [0, 0.1) is 0 Å². The number of hydrogen-bond donors (Lipinski definition) is 1. The molecule has 3 nitrogen and oxygen atoms in total. The molecule has 3 aromatic rings. The molecule has 0 aliphatic rings. The van der Waals surface area contributed by atoms with Gasteiger partial charge in [-0.3, -0.25) is 0 Å². The van der Waals surface area contributed by atoms with Crippen LogP contribution in [0.3, 0.4) is 0 Å². The lowest BCUT2D eigenvalue weighted by molar-refractivity contribution is 0.921. The Balaban J connectivity index is 1.92. The van der Waals surface area contributed by atoms with E-state index in [1.165, 1.54) is 5.56 Å². The van der Waals surface area contributed by atoms with Crippen molar-refractivity contribution in [3.63, 3.8) is 0 Å². The quantitative estimate of drug-likeness (QED) is 0.776. The summed E-state index contributed by atoms with van der Waals surface area (Å²) in [6.07, 6.45) is 1.83. The van der Waals surface area contributed by atoms with Gasteiger partial charge >= 0.3 is 0 Å². The molecule has 3 rings (SSSR count). The fraction of sp³-hybridized carbons (Fsp3) is 0.125. The van der Waals surface area contributed by atoms with Crippen molar-refractivity contribution in [2.24, 2.45) is 0 Å². The largest absolute Gasteiger partial charge is 0.368 e. The van der Waals surface area contributed by atoms with Gasteiger partial charge in [-0.2, -0.15) is 0 Å². The molecule has 0 amide bonds. The van der Waals surface area contributed by atoms with Crippen LogP contribution in [0.4, 0.5) is 5.95 Å². The van der Waals surface area contributed by atoms with Gasteiger partial charge in [0.15, 0.2) is 0 Å². The summed E-state index contributed by atoms with van der Waals surface area (Å²) < 4.78 is 0. The van der Waals surface area contributed by atoms with Crippen molar-refractivity contribution in [2.45, 2.75) is 12.8 Å². The van der Waals surface area contributed by atoms with Crippen molar-refractivity contribution in [3.05, 3.63) is 65.9 Å². The fourth-order valence-electron chi connectivity index (χ4n) is 2.26. The molecular weight excluding hydrogens is 234 g/mol.